The van der Waals surface area contributed by atoms with Crippen molar-refractivity contribution in [2.75, 3.05) is 32.8 Å². The zero-order valence-electron chi connectivity index (χ0n) is 12.9. The Morgan fingerprint density at radius 3 is 2.75 bits per heavy atom. The first kappa shape index (κ1) is 15.7. The van der Waals surface area contributed by atoms with Gasteiger partial charge in [-0.2, -0.15) is 0 Å². The van der Waals surface area contributed by atoms with Gasteiger partial charge < -0.3 is 15.4 Å². The number of ether oxygens (including phenoxy) is 1. The molecule has 2 heterocycles. The monoisotopic (exact) mass is 283 g/mol. The maximum absolute atomic E-state index is 11.9. The number of likely N-dealkylation sites (tertiary alicyclic amines) is 1. The summed E-state index contributed by atoms with van der Waals surface area (Å²) in [5.74, 6) is 0.130. The summed E-state index contributed by atoms with van der Waals surface area (Å²) >= 11 is 0. The van der Waals surface area contributed by atoms with Crippen molar-refractivity contribution in [2.24, 2.45) is 0 Å². The average molecular weight is 283 g/mol. The van der Waals surface area contributed by atoms with E-state index in [0.29, 0.717) is 25.1 Å². The highest BCUT2D eigenvalue weighted by Crippen LogP contribution is 2.21. The molecule has 5 nitrogen and oxygen atoms in total. The van der Waals surface area contributed by atoms with Crippen LogP contribution < -0.4 is 10.6 Å². The third-order valence-electron chi connectivity index (χ3n) is 4.50. The Morgan fingerprint density at radius 2 is 2.10 bits per heavy atom. The van der Waals surface area contributed by atoms with Crippen LogP contribution in [0.15, 0.2) is 0 Å². The minimum absolute atomic E-state index is 0.130. The third-order valence-corrected chi connectivity index (χ3v) is 4.50. The van der Waals surface area contributed by atoms with E-state index in [1.165, 1.54) is 19.3 Å². The lowest BCUT2D eigenvalue weighted by Gasteiger charge is -2.39. The van der Waals surface area contributed by atoms with Gasteiger partial charge in [0.05, 0.1) is 13.2 Å². The van der Waals surface area contributed by atoms with Crippen molar-refractivity contribution in [3.8, 4) is 0 Å². The van der Waals surface area contributed by atoms with E-state index < -0.39 is 0 Å². The Balaban J connectivity index is 1.63. The third kappa shape index (κ3) is 4.72. The van der Waals surface area contributed by atoms with Crippen LogP contribution in [-0.2, 0) is 9.53 Å². The second kappa shape index (κ2) is 7.96. The smallest absolute Gasteiger partial charge is 0.221 e. The lowest BCUT2D eigenvalue weighted by molar-refractivity contribution is -0.122. The molecule has 2 aliphatic rings. The van der Waals surface area contributed by atoms with Gasteiger partial charge in [-0.05, 0) is 26.7 Å². The number of piperidine rings is 1. The number of carbonyl (C=O) groups excluding carboxylic acids is 1. The van der Waals surface area contributed by atoms with Crippen LogP contribution >= 0.6 is 0 Å². The van der Waals surface area contributed by atoms with Crippen molar-refractivity contribution in [3.63, 3.8) is 0 Å². The molecule has 2 rings (SSSR count). The zero-order valence-corrected chi connectivity index (χ0v) is 12.9. The summed E-state index contributed by atoms with van der Waals surface area (Å²) in [5, 5.41) is 6.35. The highest BCUT2D eigenvalue weighted by molar-refractivity contribution is 5.76. The van der Waals surface area contributed by atoms with Crippen LogP contribution in [0.3, 0.4) is 0 Å². The molecule has 5 heteroatoms. The van der Waals surface area contributed by atoms with Gasteiger partial charge in [-0.3, -0.25) is 9.69 Å². The van der Waals surface area contributed by atoms with E-state index in [1.54, 1.807) is 0 Å². The van der Waals surface area contributed by atoms with Crippen LogP contribution in [0, 0.1) is 0 Å². The molecule has 2 saturated heterocycles. The molecule has 0 radical (unpaired) electrons. The second-order valence-electron chi connectivity index (χ2n) is 6.15. The minimum Gasteiger partial charge on any atom is -0.378 e. The van der Waals surface area contributed by atoms with Crippen molar-refractivity contribution >= 4 is 5.91 Å². The fourth-order valence-electron chi connectivity index (χ4n) is 3.29. The molecule has 2 N–H and O–H groups in total. The molecule has 116 valence electrons. The van der Waals surface area contributed by atoms with Gasteiger partial charge in [-0.1, -0.05) is 6.42 Å². The lowest BCUT2D eigenvalue weighted by atomic mass is 9.98. The second-order valence-corrected chi connectivity index (χ2v) is 6.15. The summed E-state index contributed by atoms with van der Waals surface area (Å²) in [6.45, 7) is 8.54. The van der Waals surface area contributed by atoms with Crippen molar-refractivity contribution in [3.05, 3.63) is 0 Å². The molecule has 20 heavy (non-hydrogen) atoms. The van der Waals surface area contributed by atoms with Gasteiger partial charge in [0, 0.05) is 44.2 Å². The Kier molecular flexibility index (Phi) is 6.26. The van der Waals surface area contributed by atoms with Crippen LogP contribution in [0.5, 0.6) is 0 Å². The maximum atomic E-state index is 11.9. The van der Waals surface area contributed by atoms with Gasteiger partial charge in [0.1, 0.15) is 0 Å². The quantitative estimate of drug-likeness (QED) is 0.781. The number of nitrogens with one attached hydrogen (secondary N) is 2. The first-order valence-corrected chi connectivity index (χ1v) is 8.00. The van der Waals surface area contributed by atoms with Gasteiger partial charge >= 0.3 is 0 Å². The molecule has 0 bridgehead atoms. The molecule has 2 fully saturated rings. The summed E-state index contributed by atoms with van der Waals surface area (Å²) in [5.41, 5.74) is 0. The molecule has 2 aliphatic heterocycles. The fourth-order valence-corrected chi connectivity index (χ4v) is 3.29. The van der Waals surface area contributed by atoms with E-state index in [1.807, 2.05) is 0 Å². The largest absolute Gasteiger partial charge is 0.378 e. The van der Waals surface area contributed by atoms with Crippen LogP contribution in [0.4, 0.5) is 0 Å². The van der Waals surface area contributed by atoms with E-state index in [4.69, 9.17) is 4.74 Å². The summed E-state index contributed by atoms with van der Waals surface area (Å²) in [7, 11) is 0. The molecular weight excluding hydrogens is 254 g/mol. The maximum Gasteiger partial charge on any atom is 0.221 e. The van der Waals surface area contributed by atoms with E-state index in [9.17, 15) is 4.79 Å². The van der Waals surface area contributed by atoms with Gasteiger partial charge in [0.2, 0.25) is 5.91 Å². The summed E-state index contributed by atoms with van der Waals surface area (Å²) in [6, 6.07) is 1.46. The normalized spacial score (nSPS) is 32.0. The van der Waals surface area contributed by atoms with Crippen LogP contribution in [0.25, 0.3) is 0 Å². The summed E-state index contributed by atoms with van der Waals surface area (Å²) < 4.78 is 5.36. The standard InChI is InChI=1S/C15H29N3O2/c1-12-4-3-5-13(2)18(12)8-6-17-15(19)10-14-11-20-9-7-16-14/h12-14,16H,3-11H2,1-2H3,(H,17,19). The summed E-state index contributed by atoms with van der Waals surface area (Å²) in [6.07, 6.45) is 4.41. The van der Waals surface area contributed by atoms with E-state index in [2.05, 4.69) is 29.4 Å². The molecule has 0 aromatic rings. The number of carbonyl (C=O) groups is 1. The first-order chi connectivity index (χ1) is 9.66. The van der Waals surface area contributed by atoms with E-state index >= 15 is 0 Å². The van der Waals surface area contributed by atoms with Crippen molar-refractivity contribution in [2.45, 2.75) is 57.7 Å². The number of morpholine rings is 1. The molecule has 0 aromatic carbocycles. The first-order valence-electron chi connectivity index (χ1n) is 8.00. The molecule has 3 unspecified atom stereocenters. The van der Waals surface area contributed by atoms with Gasteiger partial charge in [-0.15, -0.1) is 0 Å². The number of nitrogens with zero attached hydrogens (tertiary/aromatic N) is 1. The molecule has 0 aromatic heterocycles. The number of hydrogen-bond acceptors (Lipinski definition) is 4. The minimum atomic E-state index is 0.130. The molecule has 0 saturated carbocycles. The molecule has 1 amide bonds. The topological polar surface area (TPSA) is 53.6 Å². The molecule has 3 atom stereocenters. The van der Waals surface area contributed by atoms with Gasteiger partial charge in [0.15, 0.2) is 0 Å². The Bertz CT molecular complexity index is 295. The van der Waals surface area contributed by atoms with E-state index in [-0.39, 0.29) is 11.9 Å². The molecule has 0 aliphatic carbocycles. The van der Waals surface area contributed by atoms with Gasteiger partial charge in [0.25, 0.3) is 0 Å². The van der Waals surface area contributed by atoms with Crippen LogP contribution in [0.1, 0.15) is 39.5 Å². The average Bonchev–Trinajstić information content (AvgIpc) is 2.43. The van der Waals surface area contributed by atoms with Crippen molar-refractivity contribution in [1.82, 2.24) is 15.5 Å². The number of amides is 1. The van der Waals surface area contributed by atoms with Crippen LogP contribution in [0.2, 0.25) is 0 Å². The van der Waals surface area contributed by atoms with Crippen molar-refractivity contribution < 1.29 is 9.53 Å². The predicted octanol–water partition coefficient (Wildman–Crippen LogP) is 0.744. The fraction of sp³-hybridized carbons (Fsp3) is 0.933. The SMILES string of the molecule is CC1CCCC(C)N1CCNC(=O)CC1COCCN1. The Hall–Kier alpha value is -0.650. The van der Waals surface area contributed by atoms with Crippen LogP contribution in [-0.4, -0.2) is 61.8 Å². The molecular formula is C15H29N3O2. The number of hydrogen-bond donors (Lipinski definition) is 2. The van der Waals surface area contributed by atoms with Crippen molar-refractivity contribution in [1.29, 1.82) is 0 Å². The predicted molar refractivity (Wildman–Crippen MR) is 79.7 cm³/mol. The lowest BCUT2D eigenvalue weighted by Crippen LogP contribution is -2.48. The Labute approximate surface area is 122 Å². The summed E-state index contributed by atoms with van der Waals surface area (Å²) in [4.78, 5) is 14.4. The number of rotatable bonds is 5. The highest BCUT2D eigenvalue weighted by Gasteiger charge is 2.24. The van der Waals surface area contributed by atoms with Gasteiger partial charge in [-0.25, -0.2) is 0 Å². The molecule has 0 spiro atoms. The van der Waals surface area contributed by atoms with E-state index in [0.717, 1.165) is 26.2 Å². The Morgan fingerprint density at radius 1 is 1.35 bits per heavy atom. The highest BCUT2D eigenvalue weighted by atomic mass is 16.5. The zero-order chi connectivity index (χ0) is 14.4.